The van der Waals surface area contributed by atoms with Crippen molar-refractivity contribution in [3.8, 4) is 17.1 Å². The zero-order chi connectivity index (χ0) is 26.0. The van der Waals surface area contributed by atoms with Crippen molar-refractivity contribution in [3.05, 3.63) is 48.3 Å². The van der Waals surface area contributed by atoms with Gasteiger partial charge in [0.25, 0.3) is 0 Å². The molecule has 2 saturated heterocycles. The summed E-state index contributed by atoms with van der Waals surface area (Å²) in [6.07, 6.45) is 5.92. The number of benzene rings is 1. The molecule has 2 aromatic heterocycles. The van der Waals surface area contributed by atoms with Crippen LogP contribution >= 0.6 is 13.5 Å². The number of morpholine rings is 1. The Kier molecular flexibility index (Phi) is 8.86. The van der Waals surface area contributed by atoms with Gasteiger partial charge in [-0.1, -0.05) is 24.3 Å². The molecule has 0 saturated carbocycles. The van der Waals surface area contributed by atoms with Gasteiger partial charge in [-0.05, 0) is 30.4 Å². The van der Waals surface area contributed by atoms with Crippen LogP contribution in [0.1, 0.15) is 31.2 Å². The van der Waals surface area contributed by atoms with Gasteiger partial charge in [0.05, 0.1) is 24.1 Å². The fourth-order valence-electron chi connectivity index (χ4n) is 4.91. The summed E-state index contributed by atoms with van der Waals surface area (Å²) in [5.74, 6) is 0.905. The third-order valence-electron chi connectivity index (χ3n) is 7.02. The number of aromatic nitrogens is 3. The van der Waals surface area contributed by atoms with E-state index in [1.54, 1.807) is 19.3 Å². The molecule has 2 fully saturated rings. The van der Waals surface area contributed by atoms with Crippen molar-refractivity contribution in [1.82, 2.24) is 24.2 Å². The van der Waals surface area contributed by atoms with Gasteiger partial charge in [-0.25, -0.2) is 18.4 Å². The molecule has 0 bridgehead atoms. The number of ether oxygens (including phenoxy) is 2. The second-order valence-electron chi connectivity index (χ2n) is 9.56. The van der Waals surface area contributed by atoms with E-state index in [-0.39, 0.29) is 32.6 Å². The summed E-state index contributed by atoms with van der Waals surface area (Å²) in [5, 5.41) is 0. The van der Waals surface area contributed by atoms with Crippen molar-refractivity contribution in [2.24, 2.45) is 0 Å². The Labute approximate surface area is 229 Å². The summed E-state index contributed by atoms with van der Waals surface area (Å²) in [6.45, 7) is 4.24. The summed E-state index contributed by atoms with van der Waals surface area (Å²) in [7, 11) is -3.30. The van der Waals surface area contributed by atoms with E-state index in [4.69, 9.17) is 14.5 Å². The van der Waals surface area contributed by atoms with E-state index < -0.39 is 16.1 Å². The highest BCUT2D eigenvalue weighted by atomic mass is 32.2. The summed E-state index contributed by atoms with van der Waals surface area (Å²) in [5.41, 5.74) is 4.10. The number of amides is 1. The van der Waals surface area contributed by atoms with E-state index in [2.05, 4.69) is 34.2 Å². The first-order chi connectivity index (χ1) is 17.8. The van der Waals surface area contributed by atoms with E-state index in [9.17, 15) is 13.2 Å². The lowest BCUT2D eigenvalue weighted by Crippen LogP contribution is -2.47. The molecule has 3 aromatic rings. The quantitative estimate of drug-likeness (QED) is 0.453. The molecule has 0 N–H and O–H groups in total. The van der Waals surface area contributed by atoms with Crippen LogP contribution in [-0.4, -0.2) is 90.2 Å². The monoisotopic (exact) mass is 559 g/mol. The van der Waals surface area contributed by atoms with E-state index in [0.717, 1.165) is 31.5 Å². The number of carbonyl (C=O) groups is 1. The van der Waals surface area contributed by atoms with Gasteiger partial charge < -0.3 is 14.4 Å². The van der Waals surface area contributed by atoms with Crippen LogP contribution in [0.25, 0.3) is 22.3 Å². The van der Waals surface area contributed by atoms with Gasteiger partial charge in [-0.2, -0.15) is 17.8 Å². The first-order valence-corrected chi connectivity index (χ1v) is 14.3. The van der Waals surface area contributed by atoms with Crippen molar-refractivity contribution in [1.29, 1.82) is 0 Å². The largest absolute Gasteiger partial charge is 0.473 e. The van der Waals surface area contributed by atoms with Crippen molar-refractivity contribution >= 4 is 40.5 Å². The van der Waals surface area contributed by atoms with Gasteiger partial charge in [0.1, 0.15) is 12.7 Å². The van der Waals surface area contributed by atoms with Crippen molar-refractivity contribution < 1.29 is 22.7 Å². The van der Waals surface area contributed by atoms with Gasteiger partial charge in [-0.3, -0.25) is 9.78 Å². The minimum absolute atomic E-state index is 0. The standard InChI is InChI=1S/C26H31N5O5S.H2S/c1-18(32)30-11-7-20(8-12-30)19-3-5-21(6-4-19)23-15-24-25(28-10-9-27-24)26(29-23)36-17-22-16-31(13-14-35-22)37(2,33)34;/h3-6,9-10,15,20,22H,7-8,11-14,16-17H2,1-2H3;1H2/t22-;/m0./s1. The molecule has 4 heterocycles. The van der Waals surface area contributed by atoms with E-state index in [1.807, 2.05) is 11.0 Å². The van der Waals surface area contributed by atoms with Crippen LogP contribution in [-0.2, 0) is 19.6 Å². The summed E-state index contributed by atoms with van der Waals surface area (Å²) in [6, 6.07) is 10.2. The number of carbonyl (C=O) groups excluding carboxylic acids is 1. The second kappa shape index (κ2) is 11.9. The van der Waals surface area contributed by atoms with Crippen molar-refractivity contribution in [2.45, 2.75) is 31.8 Å². The molecule has 2 aliphatic rings. The average Bonchev–Trinajstić information content (AvgIpc) is 2.91. The fraction of sp³-hybridized carbons (Fsp3) is 0.462. The smallest absolute Gasteiger partial charge is 0.242 e. The molecule has 10 nitrogen and oxygen atoms in total. The number of nitrogens with zero attached hydrogens (tertiary/aromatic N) is 5. The van der Waals surface area contributed by atoms with E-state index >= 15 is 0 Å². The maximum atomic E-state index is 11.9. The van der Waals surface area contributed by atoms with Crippen LogP contribution in [0.4, 0.5) is 0 Å². The van der Waals surface area contributed by atoms with Crippen molar-refractivity contribution in [2.75, 3.05) is 45.6 Å². The molecule has 1 atom stereocenters. The number of hydrogen-bond acceptors (Lipinski definition) is 8. The summed E-state index contributed by atoms with van der Waals surface area (Å²) < 4.78 is 37.0. The molecule has 2 aliphatic heterocycles. The molecular weight excluding hydrogens is 526 g/mol. The number of piperidine rings is 1. The molecule has 0 radical (unpaired) electrons. The SMILES string of the molecule is CC(=O)N1CCC(c2ccc(-c3cc4nccnc4c(OC[C@@H]4CN(S(C)(=O)=O)CCO4)n3)cc2)CC1.S. The van der Waals surface area contributed by atoms with E-state index in [0.29, 0.717) is 41.7 Å². The Balaban J connectivity index is 0.00000336. The number of rotatable bonds is 6. The van der Waals surface area contributed by atoms with Gasteiger partial charge in [0.2, 0.25) is 21.8 Å². The Morgan fingerprint density at radius 3 is 2.50 bits per heavy atom. The molecular formula is C26H33N5O5S2. The molecule has 204 valence electrons. The van der Waals surface area contributed by atoms with Crippen molar-refractivity contribution in [3.63, 3.8) is 0 Å². The number of likely N-dealkylation sites (tertiary alicyclic amines) is 1. The third kappa shape index (κ3) is 6.42. The normalized spacial score (nSPS) is 19.2. The van der Waals surface area contributed by atoms with Gasteiger partial charge in [0, 0.05) is 51.1 Å². The zero-order valence-corrected chi connectivity index (χ0v) is 23.4. The van der Waals surface area contributed by atoms with Gasteiger partial charge in [-0.15, -0.1) is 0 Å². The van der Waals surface area contributed by atoms with E-state index in [1.165, 1.54) is 16.1 Å². The number of pyridine rings is 1. The molecule has 1 aromatic carbocycles. The first-order valence-electron chi connectivity index (χ1n) is 12.4. The van der Waals surface area contributed by atoms with Crippen LogP contribution < -0.4 is 4.74 Å². The summed E-state index contributed by atoms with van der Waals surface area (Å²) in [4.78, 5) is 27.1. The minimum atomic E-state index is -3.30. The Morgan fingerprint density at radius 1 is 1.11 bits per heavy atom. The summed E-state index contributed by atoms with van der Waals surface area (Å²) >= 11 is 0. The Hall–Kier alpha value is -2.80. The zero-order valence-electron chi connectivity index (χ0n) is 21.5. The highest BCUT2D eigenvalue weighted by molar-refractivity contribution is 7.88. The molecule has 1 amide bonds. The Morgan fingerprint density at radius 2 is 1.82 bits per heavy atom. The van der Waals surface area contributed by atoms with Crippen LogP contribution in [0.3, 0.4) is 0 Å². The molecule has 12 heteroatoms. The maximum Gasteiger partial charge on any atom is 0.242 e. The molecule has 0 spiro atoms. The second-order valence-corrected chi connectivity index (χ2v) is 11.5. The predicted molar refractivity (Wildman–Crippen MR) is 149 cm³/mol. The van der Waals surface area contributed by atoms with Crippen LogP contribution in [0.15, 0.2) is 42.7 Å². The molecule has 38 heavy (non-hydrogen) atoms. The lowest BCUT2D eigenvalue weighted by atomic mass is 9.89. The van der Waals surface area contributed by atoms with Crippen LogP contribution in [0.5, 0.6) is 5.88 Å². The maximum absolute atomic E-state index is 11.9. The molecule has 5 rings (SSSR count). The highest BCUT2D eigenvalue weighted by Gasteiger charge is 2.27. The number of fused-ring (bicyclic) bond motifs is 1. The van der Waals surface area contributed by atoms with Gasteiger partial charge >= 0.3 is 0 Å². The van der Waals surface area contributed by atoms with Crippen LogP contribution in [0, 0.1) is 0 Å². The molecule has 0 unspecified atom stereocenters. The van der Waals surface area contributed by atoms with Gasteiger partial charge in [0.15, 0.2) is 5.52 Å². The lowest BCUT2D eigenvalue weighted by molar-refractivity contribution is -0.129. The predicted octanol–water partition coefficient (Wildman–Crippen LogP) is 2.57. The Bertz CT molecular complexity index is 1380. The first kappa shape index (κ1) is 28.2. The highest BCUT2D eigenvalue weighted by Crippen LogP contribution is 2.31. The number of hydrogen-bond donors (Lipinski definition) is 0. The third-order valence-corrected chi connectivity index (χ3v) is 8.29. The minimum Gasteiger partial charge on any atom is -0.473 e. The topological polar surface area (TPSA) is 115 Å². The lowest BCUT2D eigenvalue weighted by Gasteiger charge is -2.31. The fourth-order valence-corrected chi connectivity index (χ4v) is 5.76. The average molecular weight is 560 g/mol. The number of sulfonamides is 1. The molecule has 0 aliphatic carbocycles. The van der Waals surface area contributed by atoms with Crippen LogP contribution in [0.2, 0.25) is 0 Å².